The molecule has 9 heteroatoms. The Kier molecular flexibility index (Phi) is 7.74. The van der Waals surface area contributed by atoms with E-state index in [0.29, 0.717) is 22.0 Å². The fraction of sp³-hybridized carbons (Fsp3) is 0.111. The van der Waals surface area contributed by atoms with Crippen LogP contribution in [0, 0.1) is 0 Å². The Bertz CT molecular complexity index is 1480. The van der Waals surface area contributed by atoms with Crippen LogP contribution < -0.4 is 15.5 Å². The number of nitrogens with one attached hydrogen (secondary N) is 3. The lowest BCUT2D eigenvalue weighted by Gasteiger charge is -2.19. The lowest BCUT2D eigenvalue weighted by molar-refractivity contribution is -0.153. The molecule has 0 aromatic heterocycles. The first-order chi connectivity index (χ1) is 17.4. The van der Waals surface area contributed by atoms with Crippen LogP contribution in [-0.2, 0) is 30.9 Å². The lowest BCUT2D eigenvalue weighted by atomic mass is 10.1. The standard InChI is InChI=1S/C27H25N3O5S/c1-28-36(33,34)24-17-9-14-21-22(24)15-8-16-23(21)29-27(32)26(20-12-6-3-7-13-20)30-35-25(31)18-19-10-4-2-5-11-19/h2-17,26,28,30H,18H2,1H3,(H,29,32). The fourth-order valence-corrected chi connectivity index (χ4v) is 4.73. The van der Waals surface area contributed by atoms with Gasteiger partial charge in [0, 0.05) is 16.5 Å². The summed E-state index contributed by atoms with van der Waals surface area (Å²) in [4.78, 5) is 31.1. The molecule has 1 amide bonds. The molecule has 0 saturated heterocycles. The number of hydrogen-bond donors (Lipinski definition) is 3. The largest absolute Gasteiger partial charge is 0.369 e. The Morgan fingerprint density at radius 2 is 1.44 bits per heavy atom. The molecule has 0 spiro atoms. The lowest BCUT2D eigenvalue weighted by Crippen LogP contribution is -2.35. The molecule has 0 aliphatic rings. The SMILES string of the molecule is CNS(=O)(=O)c1cccc2c(NC(=O)C(NOC(=O)Cc3ccccc3)c3ccccc3)cccc12. The number of benzene rings is 4. The summed E-state index contributed by atoms with van der Waals surface area (Å²) in [6.07, 6.45) is 0.0446. The van der Waals surface area contributed by atoms with Crippen LogP contribution in [0.4, 0.5) is 5.69 Å². The number of anilines is 1. The Morgan fingerprint density at radius 1 is 0.806 bits per heavy atom. The maximum Gasteiger partial charge on any atom is 0.329 e. The first-order valence-corrected chi connectivity index (χ1v) is 12.7. The van der Waals surface area contributed by atoms with Crippen molar-refractivity contribution in [2.45, 2.75) is 17.4 Å². The Labute approximate surface area is 209 Å². The zero-order valence-electron chi connectivity index (χ0n) is 19.5. The minimum absolute atomic E-state index is 0.0446. The van der Waals surface area contributed by atoms with Crippen LogP contribution in [0.2, 0.25) is 0 Å². The quantitative estimate of drug-likeness (QED) is 0.300. The maximum absolute atomic E-state index is 13.4. The molecule has 4 rings (SSSR count). The predicted molar refractivity (Wildman–Crippen MR) is 137 cm³/mol. The number of carbonyl (C=O) groups excluding carboxylic acids is 2. The summed E-state index contributed by atoms with van der Waals surface area (Å²) in [6.45, 7) is 0. The van der Waals surface area contributed by atoms with Gasteiger partial charge in [0.2, 0.25) is 15.9 Å². The zero-order valence-corrected chi connectivity index (χ0v) is 20.3. The molecule has 0 aliphatic heterocycles. The molecule has 36 heavy (non-hydrogen) atoms. The Balaban J connectivity index is 1.58. The van der Waals surface area contributed by atoms with Crippen molar-refractivity contribution in [3.63, 3.8) is 0 Å². The van der Waals surface area contributed by atoms with E-state index in [1.165, 1.54) is 13.1 Å². The van der Waals surface area contributed by atoms with Crippen LogP contribution in [-0.4, -0.2) is 27.3 Å². The Morgan fingerprint density at radius 3 is 2.14 bits per heavy atom. The molecule has 8 nitrogen and oxygen atoms in total. The van der Waals surface area contributed by atoms with Crippen molar-refractivity contribution in [1.29, 1.82) is 0 Å². The van der Waals surface area contributed by atoms with Crippen molar-refractivity contribution in [3.8, 4) is 0 Å². The molecule has 0 saturated carbocycles. The number of rotatable bonds is 9. The smallest absolute Gasteiger partial charge is 0.329 e. The highest BCUT2D eigenvalue weighted by atomic mass is 32.2. The number of amides is 1. The predicted octanol–water partition coefficient (Wildman–Crippen LogP) is 3.72. The van der Waals surface area contributed by atoms with Gasteiger partial charge in [0.05, 0.1) is 11.3 Å². The van der Waals surface area contributed by atoms with Gasteiger partial charge in [-0.2, -0.15) is 0 Å². The second kappa shape index (κ2) is 11.1. The van der Waals surface area contributed by atoms with Crippen molar-refractivity contribution in [2.24, 2.45) is 0 Å². The first kappa shape index (κ1) is 25.1. The van der Waals surface area contributed by atoms with Crippen LogP contribution >= 0.6 is 0 Å². The van der Waals surface area contributed by atoms with Crippen molar-refractivity contribution >= 4 is 38.4 Å². The van der Waals surface area contributed by atoms with Gasteiger partial charge in [0.15, 0.2) is 0 Å². The van der Waals surface area contributed by atoms with Crippen molar-refractivity contribution in [3.05, 3.63) is 108 Å². The average Bonchev–Trinajstić information content (AvgIpc) is 2.90. The highest BCUT2D eigenvalue weighted by molar-refractivity contribution is 7.89. The minimum Gasteiger partial charge on any atom is -0.369 e. The molecular weight excluding hydrogens is 478 g/mol. The van der Waals surface area contributed by atoms with Gasteiger partial charge in [-0.1, -0.05) is 84.9 Å². The number of fused-ring (bicyclic) bond motifs is 1. The summed E-state index contributed by atoms with van der Waals surface area (Å²) < 4.78 is 27.3. The monoisotopic (exact) mass is 503 g/mol. The topological polar surface area (TPSA) is 114 Å². The van der Waals surface area contributed by atoms with E-state index < -0.39 is 27.9 Å². The first-order valence-electron chi connectivity index (χ1n) is 11.2. The summed E-state index contributed by atoms with van der Waals surface area (Å²) in [7, 11) is -2.36. The molecule has 0 fully saturated rings. The van der Waals surface area contributed by atoms with Gasteiger partial charge >= 0.3 is 5.97 Å². The number of hydrogen-bond acceptors (Lipinski definition) is 6. The average molecular weight is 504 g/mol. The second-order valence-electron chi connectivity index (χ2n) is 7.95. The summed E-state index contributed by atoms with van der Waals surface area (Å²) in [5.41, 5.74) is 4.39. The van der Waals surface area contributed by atoms with E-state index in [1.54, 1.807) is 54.6 Å². The summed E-state index contributed by atoms with van der Waals surface area (Å²) >= 11 is 0. The van der Waals surface area contributed by atoms with E-state index in [9.17, 15) is 18.0 Å². The van der Waals surface area contributed by atoms with Gasteiger partial charge < -0.3 is 10.2 Å². The molecule has 0 bridgehead atoms. The highest BCUT2D eigenvalue weighted by Crippen LogP contribution is 2.29. The summed E-state index contributed by atoms with van der Waals surface area (Å²) in [5.74, 6) is -1.02. The molecular formula is C27H25N3O5S. The number of carbonyl (C=O) groups is 2. The molecule has 1 atom stereocenters. The second-order valence-corrected chi connectivity index (χ2v) is 9.81. The van der Waals surface area contributed by atoms with Gasteiger partial charge in [-0.25, -0.2) is 13.1 Å². The highest BCUT2D eigenvalue weighted by Gasteiger charge is 2.24. The fourth-order valence-electron chi connectivity index (χ4n) is 3.78. The van der Waals surface area contributed by atoms with Crippen molar-refractivity contribution in [2.75, 3.05) is 12.4 Å². The van der Waals surface area contributed by atoms with Gasteiger partial charge in [-0.3, -0.25) is 9.59 Å². The zero-order chi connectivity index (χ0) is 25.5. The van der Waals surface area contributed by atoms with E-state index in [0.717, 1.165) is 5.56 Å². The van der Waals surface area contributed by atoms with Crippen LogP contribution in [0.1, 0.15) is 17.2 Å². The Hall–Kier alpha value is -4.05. The van der Waals surface area contributed by atoms with E-state index in [-0.39, 0.29) is 11.3 Å². The van der Waals surface area contributed by atoms with Gasteiger partial charge in [-0.05, 0) is 30.3 Å². The third-order valence-corrected chi connectivity index (χ3v) is 7.05. The molecule has 0 aliphatic carbocycles. The molecule has 4 aromatic carbocycles. The summed E-state index contributed by atoms with van der Waals surface area (Å²) in [6, 6.07) is 26.8. The third kappa shape index (κ3) is 5.77. The molecule has 0 radical (unpaired) electrons. The normalized spacial score (nSPS) is 12.1. The van der Waals surface area contributed by atoms with E-state index >= 15 is 0 Å². The minimum atomic E-state index is -3.71. The van der Waals surface area contributed by atoms with Crippen LogP contribution in [0.3, 0.4) is 0 Å². The molecule has 0 heterocycles. The van der Waals surface area contributed by atoms with Crippen LogP contribution in [0.5, 0.6) is 0 Å². The van der Waals surface area contributed by atoms with Crippen molar-refractivity contribution < 1.29 is 22.8 Å². The molecule has 3 N–H and O–H groups in total. The van der Waals surface area contributed by atoms with E-state index in [4.69, 9.17) is 4.84 Å². The van der Waals surface area contributed by atoms with E-state index in [2.05, 4.69) is 15.5 Å². The third-order valence-electron chi connectivity index (χ3n) is 5.58. The molecule has 1 unspecified atom stereocenters. The summed E-state index contributed by atoms with van der Waals surface area (Å²) in [5, 5.41) is 3.86. The maximum atomic E-state index is 13.4. The number of hydroxylamine groups is 1. The van der Waals surface area contributed by atoms with Crippen LogP contribution in [0.25, 0.3) is 10.8 Å². The van der Waals surface area contributed by atoms with Gasteiger partial charge in [-0.15, -0.1) is 5.48 Å². The molecule has 184 valence electrons. The van der Waals surface area contributed by atoms with Crippen LogP contribution in [0.15, 0.2) is 102 Å². The van der Waals surface area contributed by atoms with E-state index in [1.807, 2.05) is 36.4 Å². The number of sulfonamides is 1. The van der Waals surface area contributed by atoms with Crippen molar-refractivity contribution in [1.82, 2.24) is 10.2 Å². The molecule has 4 aromatic rings. The van der Waals surface area contributed by atoms with Gasteiger partial charge in [0.1, 0.15) is 6.04 Å². The van der Waals surface area contributed by atoms with Gasteiger partial charge in [0.25, 0.3) is 0 Å².